The first-order valence-corrected chi connectivity index (χ1v) is 8.00. The monoisotopic (exact) mass is 284 g/mol. The lowest BCUT2D eigenvalue weighted by molar-refractivity contribution is 0.0948. The third-order valence-electron chi connectivity index (χ3n) is 2.32. The number of hydrogen-bond acceptors (Lipinski definition) is 5. The zero-order chi connectivity index (χ0) is 14.1. The van der Waals surface area contributed by atoms with Crippen molar-refractivity contribution in [3.05, 3.63) is 18.1 Å². The molecule has 19 heavy (non-hydrogen) atoms. The fourth-order valence-electron chi connectivity index (χ4n) is 1.38. The SMILES string of the molecule is CCCNc1cncc(C(=O)NCCCS(C)=O)n1. The van der Waals surface area contributed by atoms with Crippen LogP contribution in [0.2, 0.25) is 0 Å². The van der Waals surface area contributed by atoms with Crippen molar-refractivity contribution in [1.29, 1.82) is 0 Å². The molecule has 0 aromatic carbocycles. The molecule has 1 atom stereocenters. The number of aromatic nitrogens is 2. The molecule has 1 aromatic heterocycles. The van der Waals surface area contributed by atoms with Gasteiger partial charge in [0, 0.05) is 35.9 Å². The Morgan fingerprint density at radius 2 is 2.16 bits per heavy atom. The molecule has 0 aliphatic carbocycles. The van der Waals surface area contributed by atoms with E-state index in [0.717, 1.165) is 13.0 Å². The number of amides is 1. The molecule has 1 aromatic rings. The highest BCUT2D eigenvalue weighted by molar-refractivity contribution is 7.84. The van der Waals surface area contributed by atoms with Crippen molar-refractivity contribution in [2.75, 3.05) is 30.4 Å². The van der Waals surface area contributed by atoms with E-state index in [9.17, 15) is 9.00 Å². The second-order valence-electron chi connectivity index (χ2n) is 4.10. The van der Waals surface area contributed by atoms with E-state index >= 15 is 0 Å². The van der Waals surface area contributed by atoms with Gasteiger partial charge in [0.1, 0.15) is 11.5 Å². The topological polar surface area (TPSA) is 84.0 Å². The van der Waals surface area contributed by atoms with Gasteiger partial charge >= 0.3 is 0 Å². The molecule has 106 valence electrons. The summed E-state index contributed by atoms with van der Waals surface area (Å²) in [5, 5.41) is 5.81. The van der Waals surface area contributed by atoms with Gasteiger partial charge in [-0.05, 0) is 12.8 Å². The first kappa shape index (κ1) is 15.6. The molecule has 2 N–H and O–H groups in total. The van der Waals surface area contributed by atoms with E-state index in [2.05, 4.69) is 27.5 Å². The second-order valence-corrected chi connectivity index (χ2v) is 5.66. The quantitative estimate of drug-likeness (QED) is 0.690. The van der Waals surface area contributed by atoms with Crippen LogP contribution >= 0.6 is 0 Å². The summed E-state index contributed by atoms with van der Waals surface area (Å²) >= 11 is 0. The van der Waals surface area contributed by atoms with E-state index < -0.39 is 10.8 Å². The summed E-state index contributed by atoms with van der Waals surface area (Å²) in [7, 11) is -0.822. The first-order valence-electron chi connectivity index (χ1n) is 6.27. The van der Waals surface area contributed by atoms with Crippen LogP contribution in [-0.2, 0) is 10.8 Å². The van der Waals surface area contributed by atoms with E-state index in [1.165, 1.54) is 6.20 Å². The molecule has 1 rings (SSSR count). The Bertz CT molecular complexity index is 439. The minimum atomic E-state index is -0.822. The zero-order valence-corrected chi connectivity index (χ0v) is 12.1. The zero-order valence-electron chi connectivity index (χ0n) is 11.3. The summed E-state index contributed by atoms with van der Waals surface area (Å²) in [6.07, 6.45) is 6.34. The van der Waals surface area contributed by atoms with Gasteiger partial charge in [-0.1, -0.05) is 6.92 Å². The molecule has 6 nitrogen and oxygen atoms in total. The number of nitrogens with zero attached hydrogens (tertiary/aromatic N) is 2. The molecule has 0 spiro atoms. The number of carbonyl (C=O) groups is 1. The lowest BCUT2D eigenvalue weighted by Crippen LogP contribution is -2.26. The largest absolute Gasteiger partial charge is 0.369 e. The second kappa shape index (κ2) is 8.58. The summed E-state index contributed by atoms with van der Waals surface area (Å²) in [6.45, 7) is 3.34. The molecule has 0 saturated carbocycles. The van der Waals surface area contributed by atoms with Crippen LogP contribution in [0.5, 0.6) is 0 Å². The highest BCUT2D eigenvalue weighted by Gasteiger charge is 2.08. The minimum absolute atomic E-state index is 0.255. The van der Waals surface area contributed by atoms with E-state index in [4.69, 9.17) is 0 Å². The van der Waals surface area contributed by atoms with E-state index in [0.29, 0.717) is 30.2 Å². The van der Waals surface area contributed by atoms with Crippen molar-refractivity contribution >= 4 is 22.5 Å². The van der Waals surface area contributed by atoms with Crippen LogP contribution in [0.15, 0.2) is 12.4 Å². The summed E-state index contributed by atoms with van der Waals surface area (Å²) in [5.41, 5.74) is 0.290. The van der Waals surface area contributed by atoms with Crippen LogP contribution < -0.4 is 10.6 Å². The molecular weight excluding hydrogens is 264 g/mol. The number of nitrogens with one attached hydrogen (secondary N) is 2. The predicted molar refractivity (Wildman–Crippen MR) is 76.7 cm³/mol. The van der Waals surface area contributed by atoms with Crippen molar-refractivity contribution in [3.63, 3.8) is 0 Å². The lowest BCUT2D eigenvalue weighted by atomic mass is 10.4. The Labute approximate surface area is 115 Å². The number of carbonyl (C=O) groups excluding carboxylic acids is 1. The molecule has 1 amide bonds. The molecule has 0 aliphatic rings. The average Bonchev–Trinajstić information content (AvgIpc) is 2.41. The first-order chi connectivity index (χ1) is 9.13. The molecule has 0 fully saturated rings. The van der Waals surface area contributed by atoms with E-state index in [-0.39, 0.29) is 5.91 Å². The lowest BCUT2D eigenvalue weighted by Gasteiger charge is -2.06. The number of anilines is 1. The van der Waals surface area contributed by atoms with Crippen LogP contribution in [0.25, 0.3) is 0 Å². The fourth-order valence-corrected chi connectivity index (χ4v) is 1.93. The Morgan fingerprint density at radius 3 is 2.84 bits per heavy atom. The maximum absolute atomic E-state index is 11.8. The van der Waals surface area contributed by atoms with Gasteiger partial charge in [0.05, 0.1) is 12.4 Å². The Morgan fingerprint density at radius 1 is 1.37 bits per heavy atom. The standard InChI is InChI=1S/C12H20N4O2S/c1-3-5-14-11-9-13-8-10(16-11)12(17)15-6-4-7-19(2)18/h8-9H,3-7H2,1-2H3,(H,14,16)(H,15,17). The van der Waals surface area contributed by atoms with Crippen LogP contribution in [0, 0.1) is 0 Å². The molecule has 7 heteroatoms. The smallest absolute Gasteiger partial charge is 0.271 e. The van der Waals surface area contributed by atoms with Gasteiger partial charge in [0.2, 0.25) is 0 Å². The molecular formula is C12H20N4O2S. The van der Waals surface area contributed by atoms with Gasteiger partial charge in [0.15, 0.2) is 0 Å². The molecule has 0 aliphatic heterocycles. The summed E-state index contributed by atoms with van der Waals surface area (Å²) in [4.78, 5) is 20.0. The minimum Gasteiger partial charge on any atom is -0.369 e. The highest BCUT2D eigenvalue weighted by Crippen LogP contribution is 2.02. The molecule has 1 unspecified atom stereocenters. The summed E-state index contributed by atoms with van der Waals surface area (Å²) in [5.74, 6) is 0.933. The molecule has 0 bridgehead atoms. The van der Waals surface area contributed by atoms with Crippen LogP contribution in [0.3, 0.4) is 0 Å². The van der Waals surface area contributed by atoms with Gasteiger partial charge in [-0.3, -0.25) is 14.0 Å². The van der Waals surface area contributed by atoms with Crippen molar-refractivity contribution in [3.8, 4) is 0 Å². The average molecular weight is 284 g/mol. The van der Waals surface area contributed by atoms with Crippen molar-refractivity contribution in [2.45, 2.75) is 19.8 Å². The highest BCUT2D eigenvalue weighted by atomic mass is 32.2. The predicted octanol–water partition coefficient (Wildman–Crippen LogP) is 0.797. The Balaban J connectivity index is 2.45. The summed E-state index contributed by atoms with van der Waals surface area (Å²) in [6, 6.07) is 0. The maximum atomic E-state index is 11.8. The molecule has 1 heterocycles. The maximum Gasteiger partial charge on any atom is 0.271 e. The van der Waals surface area contributed by atoms with E-state index in [1.54, 1.807) is 12.5 Å². The third kappa shape index (κ3) is 6.28. The Hall–Kier alpha value is -1.50. The van der Waals surface area contributed by atoms with Gasteiger partial charge in [-0.15, -0.1) is 0 Å². The van der Waals surface area contributed by atoms with Gasteiger partial charge in [0.25, 0.3) is 5.91 Å². The number of hydrogen-bond donors (Lipinski definition) is 2. The van der Waals surface area contributed by atoms with Crippen molar-refractivity contribution in [2.24, 2.45) is 0 Å². The number of rotatable bonds is 8. The van der Waals surface area contributed by atoms with Crippen molar-refractivity contribution < 1.29 is 9.00 Å². The van der Waals surface area contributed by atoms with Crippen LogP contribution in [0.4, 0.5) is 5.82 Å². The fraction of sp³-hybridized carbons (Fsp3) is 0.583. The van der Waals surface area contributed by atoms with Gasteiger partial charge < -0.3 is 10.6 Å². The van der Waals surface area contributed by atoms with Crippen LogP contribution in [-0.4, -0.2) is 45.2 Å². The third-order valence-corrected chi connectivity index (χ3v) is 3.18. The van der Waals surface area contributed by atoms with Gasteiger partial charge in [-0.2, -0.15) is 0 Å². The normalized spacial score (nSPS) is 11.9. The molecule has 0 saturated heterocycles. The summed E-state index contributed by atoms with van der Waals surface area (Å²) < 4.78 is 10.9. The van der Waals surface area contributed by atoms with Crippen LogP contribution in [0.1, 0.15) is 30.3 Å². The Kier molecular flexibility index (Phi) is 7.02. The van der Waals surface area contributed by atoms with E-state index in [1.807, 2.05) is 0 Å². The van der Waals surface area contributed by atoms with Gasteiger partial charge in [-0.25, -0.2) is 4.98 Å². The molecule has 0 radical (unpaired) electrons. The van der Waals surface area contributed by atoms with Crippen molar-refractivity contribution in [1.82, 2.24) is 15.3 Å².